The molecule has 0 radical (unpaired) electrons. The SMILES string of the molecule is [2H]c1c([2H])c([2H])c(-c2c(-c3ccc4c(-c5ccccc5)c5ccccc5c(-c5ccccc5)c4c3)oc3c2ccc2ccccc23)c([2H])c1[2H]. The van der Waals surface area contributed by atoms with Crippen LogP contribution in [0.3, 0.4) is 0 Å². The van der Waals surface area contributed by atoms with Gasteiger partial charge in [0, 0.05) is 21.9 Å². The zero-order valence-electron chi connectivity index (χ0n) is 29.2. The van der Waals surface area contributed by atoms with Crippen LogP contribution in [0, 0.1) is 0 Å². The lowest BCUT2D eigenvalue weighted by Crippen LogP contribution is -1.91. The first-order chi connectivity index (χ1) is 24.4. The molecule has 0 N–H and O–H groups in total. The van der Waals surface area contributed by atoms with Gasteiger partial charge >= 0.3 is 0 Å². The van der Waals surface area contributed by atoms with Gasteiger partial charge in [0.1, 0.15) is 11.3 Å². The molecule has 45 heavy (non-hydrogen) atoms. The number of furan rings is 1. The summed E-state index contributed by atoms with van der Waals surface area (Å²) < 4.78 is 50.1. The maximum absolute atomic E-state index is 8.99. The molecular formula is C44H28O. The third-order valence-corrected chi connectivity index (χ3v) is 8.74. The Bertz CT molecular complexity index is 2780. The maximum Gasteiger partial charge on any atom is 0.143 e. The molecule has 0 unspecified atom stereocenters. The van der Waals surface area contributed by atoms with Gasteiger partial charge in [0.25, 0.3) is 0 Å². The lowest BCUT2D eigenvalue weighted by Gasteiger charge is -2.18. The van der Waals surface area contributed by atoms with E-state index in [4.69, 9.17) is 11.3 Å². The molecule has 9 rings (SSSR count). The largest absolute Gasteiger partial charge is 0.455 e. The van der Waals surface area contributed by atoms with Gasteiger partial charge in [0.2, 0.25) is 0 Å². The molecule has 1 heteroatoms. The normalized spacial score (nSPS) is 13.1. The summed E-state index contributed by atoms with van der Waals surface area (Å²) in [6.07, 6.45) is 0. The molecule has 0 aliphatic carbocycles. The van der Waals surface area contributed by atoms with E-state index < -0.39 is 6.04 Å². The molecule has 210 valence electrons. The fourth-order valence-electron chi connectivity index (χ4n) is 6.80. The van der Waals surface area contributed by atoms with Crippen molar-refractivity contribution >= 4 is 43.3 Å². The Morgan fingerprint density at radius 1 is 0.378 bits per heavy atom. The summed E-state index contributed by atoms with van der Waals surface area (Å²) in [5.74, 6) is 0.449. The summed E-state index contributed by atoms with van der Waals surface area (Å²) in [7, 11) is 0. The molecule has 0 fully saturated rings. The average molecular weight is 578 g/mol. The standard InChI is InChI=1S/C44H28O/c1-4-15-30(16-5-1)40-35-22-12-13-23-36(35)41(31-17-6-2-7-18-31)39-28-33(25-26-37(39)40)43-42(32-19-8-3-9-20-32)38-27-24-29-14-10-11-21-34(29)44(38)45-43/h1-28H/i3D,8D,9D,19D,20D. The van der Waals surface area contributed by atoms with Gasteiger partial charge in [-0.05, 0) is 66.9 Å². The van der Waals surface area contributed by atoms with Crippen molar-refractivity contribution < 1.29 is 11.3 Å². The first kappa shape index (κ1) is 20.9. The summed E-state index contributed by atoms with van der Waals surface area (Å²) in [6.45, 7) is 0. The quantitative estimate of drug-likeness (QED) is 0.190. The number of hydrogen-bond acceptors (Lipinski definition) is 1. The Morgan fingerprint density at radius 3 is 1.62 bits per heavy atom. The predicted molar refractivity (Wildman–Crippen MR) is 190 cm³/mol. The minimum absolute atomic E-state index is 0.117. The number of fused-ring (bicyclic) bond motifs is 5. The van der Waals surface area contributed by atoms with E-state index in [-0.39, 0.29) is 29.7 Å². The van der Waals surface area contributed by atoms with Gasteiger partial charge < -0.3 is 4.42 Å². The lowest BCUT2D eigenvalue weighted by atomic mass is 9.85. The molecule has 0 saturated carbocycles. The van der Waals surface area contributed by atoms with Crippen LogP contribution in [0.25, 0.3) is 88.0 Å². The molecular weight excluding hydrogens is 544 g/mol. The second kappa shape index (κ2) is 10.4. The van der Waals surface area contributed by atoms with Crippen molar-refractivity contribution in [2.75, 3.05) is 0 Å². The van der Waals surface area contributed by atoms with Gasteiger partial charge in [-0.3, -0.25) is 0 Å². The minimum Gasteiger partial charge on any atom is -0.455 e. The molecule has 0 bridgehead atoms. The average Bonchev–Trinajstić information content (AvgIpc) is 3.55. The van der Waals surface area contributed by atoms with Crippen LogP contribution in [0.15, 0.2) is 174 Å². The van der Waals surface area contributed by atoms with Gasteiger partial charge in [-0.25, -0.2) is 0 Å². The van der Waals surface area contributed by atoms with Crippen molar-refractivity contribution in [2.24, 2.45) is 0 Å². The van der Waals surface area contributed by atoms with Crippen LogP contribution in [0.2, 0.25) is 0 Å². The summed E-state index contributed by atoms with van der Waals surface area (Å²) >= 11 is 0. The van der Waals surface area contributed by atoms with E-state index in [0.29, 0.717) is 22.3 Å². The molecule has 0 aliphatic rings. The summed E-state index contributed by atoms with van der Waals surface area (Å²) in [5.41, 5.74) is 6.34. The molecule has 8 aromatic carbocycles. The van der Waals surface area contributed by atoms with Crippen molar-refractivity contribution in [3.63, 3.8) is 0 Å². The van der Waals surface area contributed by atoms with Gasteiger partial charge in [0.05, 0.1) is 6.85 Å². The summed E-state index contributed by atoms with van der Waals surface area (Å²) in [5, 5.41) is 6.90. The second-order valence-electron chi connectivity index (χ2n) is 11.3. The van der Waals surface area contributed by atoms with Crippen molar-refractivity contribution in [3.8, 4) is 44.7 Å². The lowest BCUT2D eigenvalue weighted by molar-refractivity contribution is 0.636. The van der Waals surface area contributed by atoms with Crippen LogP contribution >= 0.6 is 0 Å². The van der Waals surface area contributed by atoms with Crippen LogP contribution in [0.1, 0.15) is 6.85 Å². The van der Waals surface area contributed by atoms with E-state index in [1.54, 1.807) is 0 Å². The third kappa shape index (κ3) is 4.09. The molecule has 1 nitrogen and oxygen atoms in total. The van der Waals surface area contributed by atoms with E-state index in [0.717, 1.165) is 60.1 Å². The highest BCUT2D eigenvalue weighted by atomic mass is 16.3. The zero-order chi connectivity index (χ0) is 34.1. The Hall–Kier alpha value is -5.92. The molecule has 0 spiro atoms. The highest BCUT2D eigenvalue weighted by Crippen LogP contribution is 2.47. The number of rotatable bonds is 4. The van der Waals surface area contributed by atoms with Crippen LogP contribution < -0.4 is 0 Å². The van der Waals surface area contributed by atoms with Gasteiger partial charge in [-0.2, -0.15) is 0 Å². The van der Waals surface area contributed by atoms with E-state index in [2.05, 4.69) is 72.8 Å². The molecule has 1 heterocycles. The zero-order valence-corrected chi connectivity index (χ0v) is 24.2. The molecule has 9 aromatic rings. The Labute approximate surface area is 268 Å². The minimum atomic E-state index is -0.429. The van der Waals surface area contributed by atoms with E-state index >= 15 is 0 Å². The number of benzene rings is 8. The van der Waals surface area contributed by atoms with E-state index in [9.17, 15) is 0 Å². The van der Waals surface area contributed by atoms with Crippen molar-refractivity contribution in [2.45, 2.75) is 0 Å². The predicted octanol–water partition coefficient (Wildman–Crippen LogP) is 12.6. The van der Waals surface area contributed by atoms with Gasteiger partial charge in [-0.15, -0.1) is 0 Å². The molecule has 0 aliphatic heterocycles. The van der Waals surface area contributed by atoms with E-state index in [1.165, 1.54) is 0 Å². The van der Waals surface area contributed by atoms with Crippen LogP contribution in [0.4, 0.5) is 0 Å². The Kier molecular flexibility index (Phi) is 4.81. The van der Waals surface area contributed by atoms with E-state index in [1.807, 2.05) is 66.7 Å². The topological polar surface area (TPSA) is 13.1 Å². The van der Waals surface area contributed by atoms with Crippen LogP contribution in [-0.2, 0) is 0 Å². The molecule has 1 aromatic heterocycles. The Morgan fingerprint density at radius 2 is 0.933 bits per heavy atom. The fourth-order valence-corrected chi connectivity index (χ4v) is 6.80. The third-order valence-electron chi connectivity index (χ3n) is 8.74. The maximum atomic E-state index is 8.99. The Balaban J connectivity index is 1.45. The molecule has 0 atom stereocenters. The summed E-state index contributed by atoms with van der Waals surface area (Å²) in [4.78, 5) is 0. The van der Waals surface area contributed by atoms with Crippen LogP contribution in [-0.4, -0.2) is 0 Å². The fraction of sp³-hybridized carbons (Fsp3) is 0. The van der Waals surface area contributed by atoms with Gasteiger partial charge in [0.15, 0.2) is 0 Å². The first-order valence-corrected chi connectivity index (χ1v) is 15.0. The van der Waals surface area contributed by atoms with Gasteiger partial charge in [-0.1, -0.05) is 158 Å². The van der Waals surface area contributed by atoms with Crippen molar-refractivity contribution in [3.05, 3.63) is 170 Å². The van der Waals surface area contributed by atoms with Crippen LogP contribution in [0.5, 0.6) is 0 Å². The highest BCUT2D eigenvalue weighted by molar-refractivity contribution is 6.22. The first-order valence-electron chi connectivity index (χ1n) is 17.5. The highest BCUT2D eigenvalue weighted by Gasteiger charge is 2.22. The number of hydrogen-bond donors (Lipinski definition) is 0. The smallest absolute Gasteiger partial charge is 0.143 e. The van der Waals surface area contributed by atoms with Crippen molar-refractivity contribution in [1.29, 1.82) is 0 Å². The molecule has 0 amide bonds. The second-order valence-corrected chi connectivity index (χ2v) is 11.3. The molecule has 0 saturated heterocycles. The van der Waals surface area contributed by atoms with Crippen molar-refractivity contribution in [1.82, 2.24) is 0 Å². The summed E-state index contributed by atoms with van der Waals surface area (Å²) in [6, 6.07) is 45.7. The monoisotopic (exact) mass is 577 g/mol.